The lowest BCUT2D eigenvalue weighted by Gasteiger charge is -2.19. The van der Waals surface area contributed by atoms with E-state index >= 15 is 0 Å². The van der Waals surface area contributed by atoms with Gasteiger partial charge in [0, 0.05) is 6.54 Å². The van der Waals surface area contributed by atoms with Crippen molar-refractivity contribution in [1.29, 1.82) is 0 Å². The maximum Gasteiger partial charge on any atom is 0.407 e. The van der Waals surface area contributed by atoms with Gasteiger partial charge in [-0.1, -0.05) is 12.1 Å². The number of fused-ring (bicyclic) bond motifs is 1. The van der Waals surface area contributed by atoms with Crippen molar-refractivity contribution >= 4 is 17.9 Å². The summed E-state index contributed by atoms with van der Waals surface area (Å²) in [6, 6.07) is 6.80. The van der Waals surface area contributed by atoms with Crippen molar-refractivity contribution in [2.75, 3.05) is 92.4 Å². The lowest BCUT2D eigenvalue weighted by atomic mass is 10.1. The molecule has 1 N–H and O–H groups in total. The second-order valence-corrected chi connectivity index (χ2v) is 9.41. The van der Waals surface area contributed by atoms with Crippen LogP contribution in [0.4, 0.5) is 4.79 Å². The molecule has 1 aromatic carbocycles. The third-order valence-corrected chi connectivity index (χ3v) is 5.11. The molecule has 1 heterocycles. The number of hydrogen-bond acceptors (Lipinski definition) is 10. The molecule has 1 aliphatic rings. The Morgan fingerprint density at radius 1 is 0.667 bits per heavy atom. The Bertz CT molecular complexity index is 839. The van der Waals surface area contributed by atoms with Gasteiger partial charge < -0.3 is 38.5 Å². The standard InChI is InChI=1S/C27H42N2O10/c1-27(2,3)39-26(32)28-8-10-33-12-14-35-16-18-37-20-21-38-19-17-36-15-13-34-11-9-29-24(30)22-6-4-5-7-23(22)25(29)31/h4-7H,8-21H2,1-3H3,(H,28,32). The maximum atomic E-state index is 12.3. The molecule has 0 bridgehead atoms. The van der Waals surface area contributed by atoms with Crippen molar-refractivity contribution in [3.05, 3.63) is 35.4 Å². The van der Waals surface area contributed by atoms with Gasteiger partial charge in [-0.05, 0) is 32.9 Å². The number of nitrogens with one attached hydrogen (secondary N) is 1. The smallest absolute Gasteiger partial charge is 0.407 e. The molecule has 0 fully saturated rings. The van der Waals surface area contributed by atoms with E-state index in [1.54, 1.807) is 24.3 Å². The van der Waals surface area contributed by atoms with Crippen LogP contribution in [-0.4, -0.2) is 121 Å². The fourth-order valence-corrected chi connectivity index (χ4v) is 3.34. The molecule has 220 valence electrons. The molecule has 1 aliphatic heterocycles. The van der Waals surface area contributed by atoms with Crippen LogP contribution < -0.4 is 5.32 Å². The zero-order chi connectivity index (χ0) is 28.3. The molecule has 0 unspecified atom stereocenters. The quantitative estimate of drug-likeness (QED) is 0.178. The predicted molar refractivity (Wildman–Crippen MR) is 141 cm³/mol. The molecule has 0 aliphatic carbocycles. The molecule has 2 rings (SSSR count). The van der Waals surface area contributed by atoms with Gasteiger partial charge in [0.05, 0.1) is 97.0 Å². The number of benzene rings is 1. The van der Waals surface area contributed by atoms with Crippen LogP contribution in [0.5, 0.6) is 0 Å². The molecule has 1 aromatic rings. The molecule has 0 saturated carbocycles. The SMILES string of the molecule is CC(C)(C)OC(=O)NCCOCCOCCOCCOCCOCCOCCN1C(=O)c2ccccc2C1=O. The summed E-state index contributed by atoms with van der Waals surface area (Å²) in [5, 5.41) is 2.62. The normalized spacial score (nSPS) is 13.2. The monoisotopic (exact) mass is 554 g/mol. The number of rotatable bonds is 21. The molecule has 0 spiro atoms. The number of hydrogen-bond donors (Lipinski definition) is 1. The second-order valence-electron chi connectivity index (χ2n) is 9.41. The van der Waals surface area contributed by atoms with Gasteiger partial charge in [0.25, 0.3) is 11.8 Å². The average Bonchev–Trinajstić information content (AvgIpc) is 3.13. The van der Waals surface area contributed by atoms with Gasteiger partial charge in [-0.2, -0.15) is 0 Å². The van der Waals surface area contributed by atoms with Crippen LogP contribution in [0.2, 0.25) is 0 Å². The number of ether oxygens (including phenoxy) is 7. The Morgan fingerprint density at radius 2 is 1.05 bits per heavy atom. The van der Waals surface area contributed by atoms with Crippen LogP contribution in [0.3, 0.4) is 0 Å². The fourth-order valence-electron chi connectivity index (χ4n) is 3.34. The number of imide groups is 1. The van der Waals surface area contributed by atoms with Crippen LogP contribution in [0.15, 0.2) is 24.3 Å². The molecular formula is C27H42N2O10. The summed E-state index contributed by atoms with van der Waals surface area (Å²) in [5.41, 5.74) is 0.361. The Labute approximate surface area is 230 Å². The summed E-state index contributed by atoms with van der Waals surface area (Å²) in [6.45, 7) is 11.0. The van der Waals surface area contributed by atoms with Crippen molar-refractivity contribution in [3.63, 3.8) is 0 Å². The Balaban J connectivity index is 1.26. The minimum absolute atomic E-state index is 0.212. The van der Waals surface area contributed by atoms with Crippen molar-refractivity contribution in [2.45, 2.75) is 26.4 Å². The molecule has 0 atom stereocenters. The van der Waals surface area contributed by atoms with Crippen molar-refractivity contribution in [3.8, 4) is 0 Å². The van der Waals surface area contributed by atoms with Gasteiger partial charge in [0.1, 0.15) is 5.60 Å². The minimum atomic E-state index is -0.517. The van der Waals surface area contributed by atoms with E-state index in [1.165, 1.54) is 4.90 Å². The maximum absolute atomic E-state index is 12.3. The Kier molecular flexibility index (Phi) is 15.6. The third kappa shape index (κ3) is 13.8. The minimum Gasteiger partial charge on any atom is -0.444 e. The second kappa shape index (κ2) is 18.6. The number of carbonyl (C=O) groups is 3. The van der Waals surface area contributed by atoms with Crippen LogP contribution in [0.25, 0.3) is 0 Å². The molecule has 39 heavy (non-hydrogen) atoms. The topological polar surface area (TPSA) is 131 Å². The van der Waals surface area contributed by atoms with E-state index in [9.17, 15) is 14.4 Å². The highest BCUT2D eigenvalue weighted by Crippen LogP contribution is 2.21. The highest BCUT2D eigenvalue weighted by molar-refractivity contribution is 6.21. The number of nitrogens with zero attached hydrogens (tertiary/aromatic N) is 1. The lowest BCUT2D eigenvalue weighted by molar-refractivity contribution is -0.0171. The van der Waals surface area contributed by atoms with Crippen LogP contribution in [0, 0.1) is 0 Å². The van der Waals surface area contributed by atoms with Gasteiger partial charge in [0.2, 0.25) is 0 Å². The summed E-state index contributed by atoms with van der Waals surface area (Å²) in [4.78, 5) is 37.2. The summed E-state index contributed by atoms with van der Waals surface area (Å²) in [7, 11) is 0. The van der Waals surface area contributed by atoms with E-state index in [4.69, 9.17) is 33.2 Å². The largest absolute Gasteiger partial charge is 0.444 e. The summed E-state index contributed by atoms with van der Waals surface area (Å²) in [5.74, 6) is -0.561. The first-order valence-electron chi connectivity index (χ1n) is 13.2. The number of carbonyl (C=O) groups excluding carboxylic acids is 3. The highest BCUT2D eigenvalue weighted by atomic mass is 16.6. The molecule has 3 amide bonds. The first-order chi connectivity index (χ1) is 18.8. The van der Waals surface area contributed by atoms with E-state index in [1.807, 2.05) is 20.8 Å². The summed E-state index contributed by atoms with van der Waals surface area (Å²) >= 11 is 0. The van der Waals surface area contributed by atoms with Gasteiger partial charge in [-0.15, -0.1) is 0 Å². The molecule has 12 nitrogen and oxygen atoms in total. The first kappa shape index (κ1) is 32.6. The molecular weight excluding hydrogens is 512 g/mol. The van der Waals surface area contributed by atoms with Crippen molar-refractivity contribution in [1.82, 2.24) is 10.2 Å². The molecule has 0 saturated heterocycles. The first-order valence-corrected chi connectivity index (χ1v) is 13.2. The zero-order valence-electron chi connectivity index (χ0n) is 23.2. The fraction of sp³-hybridized carbons (Fsp3) is 0.667. The Morgan fingerprint density at radius 3 is 1.46 bits per heavy atom. The van der Waals surface area contributed by atoms with Gasteiger partial charge in [-0.25, -0.2) is 4.79 Å². The highest BCUT2D eigenvalue weighted by Gasteiger charge is 2.34. The summed E-state index contributed by atoms with van der Waals surface area (Å²) < 4.78 is 37.7. The number of alkyl carbamates (subject to hydrolysis) is 1. The predicted octanol–water partition coefficient (Wildman–Crippen LogP) is 1.91. The molecule has 0 aromatic heterocycles. The molecule has 12 heteroatoms. The zero-order valence-corrected chi connectivity index (χ0v) is 23.2. The van der Waals surface area contributed by atoms with E-state index in [2.05, 4.69) is 5.32 Å². The van der Waals surface area contributed by atoms with Crippen molar-refractivity contribution in [2.24, 2.45) is 0 Å². The van der Waals surface area contributed by atoms with Crippen LogP contribution in [-0.2, 0) is 33.2 Å². The lowest BCUT2D eigenvalue weighted by Crippen LogP contribution is -2.34. The Hall–Kier alpha value is -2.61. The van der Waals surface area contributed by atoms with Gasteiger partial charge >= 0.3 is 6.09 Å². The van der Waals surface area contributed by atoms with Crippen LogP contribution in [0.1, 0.15) is 41.5 Å². The van der Waals surface area contributed by atoms with Gasteiger partial charge in [-0.3, -0.25) is 14.5 Å². The average molecular weight is 555 g/mol. The summed E-state index contributed by atoms with van der Waals surface area (Å²) in [6.07, 6.45) is -0.461. The van der Waals surface area contributed by atoms with E-state index in [0.717, 1.165) is 0 Å². The van der Waals surface area contributed by atoms with E-state index in [-0.39, 0.29) is 25.0 Å². The molecule has 0 radical (unpaired) electrons. The van der Waals surface area contributed by atoms with E-state index in [0.29, 0.717) is 90.3 Å². The third-order valence-electron chi connectivity index (χ3n) is 5.11. The van der Waals surface area contributed by atoms with E-state index < -0.39 is 11.7 Å². The van der Waals surface area contributed by atoms with Crippen molar-refractivity contribution < 1.29 is 47.5 Å². The van der Waals surface area contributed by atoms with Gasteiger partial charge in [0.15, 0.2) is 0 Å². The number of amides is 3. The van der Waals surface area contributed by atoms with Crippen LogP contribution >= 0.6 is 0 Å².